The summed E-state index contributed by atoms with van der Waals surface area (Å²) >= 11 is 0. The smallest absolute Gasteiger partial charge is 0.221 e. The van der Waals surface area contributed by atoms with Crippen molar-refractivity contribution < 1.29 is 13.2 Å². The summed E-state index contributed by atoms with van der Waals surface area (Å²) in [5, 5.41) is 3.04. The lowest BCUT2D eigenvalue weighted by Gasteiger charge is -2.24. The van der Waals surface area contributed by atoms with Crippen LogP contribution in [0, 0.1) is 6.92 Å². The van der Waals surface area contributed by atoms with Gasteiger partial charge in [0.1, 0.15) is 0 Å². The van der Waals surface area contributed by atoms with E-state index in [1.54, 1.807) is 0 Å². The zero-order valence-electron chi connectivity index (χ0n) is 14.6. The summed E-state index contributed by atoms with van der Waals surface area (Å²) in [5.74, 6) is -0.0557. The van der Waals surface area contributed by atoms with Gasteiger partial charge in [-0.15, -0.1) is 0 Å². The molecule has 1 aromatic carbocycles. The zero-order valence-corrected chi connectivity index (χ0v) is 15.4. The molecule has 1 saturated carbocycles. The third-order valence-electron chi connectivity index (χ3n) is 4.47. The summed E-state index contributed by atoms with van der Waals surface area (Å²) in [7, 11) is -3.35. The second kappa shape index (κ2) is 8.62. The van der Waals surface area contributed by atoms with Gasteiger partial charge in [0.2, 0.25) is 15.9 Å². The van der Waals surface area contributed by atoms with Gasteiger partial charge in [0.05, 0.1) is 6.26 Å². The Morgan fingerprint density at radius 2 is 1.96 bits per heavy atom. The molecular weight excluding hydrogens is 324 g/mol. The van der Waals surface area contributed by atoms with Crippen molar-refractivity contribution in [2.75, 3.05) is 12.8 Å². The molecule has 0 spiro atoms. The SMILES string of the molecule is Cc1cccc(CN(CCC(=O)NC2CCCCC2)S(C)(=O)=O)c1. The minimum Gasteiger partial charge on any atom is -0.353 e. The lowest BCUT2D eigenvalue weighted by atomic mass is 9.95. The van der Waals surface area contributed by atoms with Gasteiger partial charge in [-0.05, 0) is 25.3 Å². The molecule has 0 unspecified atom stereocenters. The molecule has 6 heteroatoms. The quantitative estimate of drug-likeness (QED) is 0.820. The molecule has 1 aromatic rings. The van der Waals surface area contributed by atoms with Crippen LogP contribution in [-0.4, -0.2) is 37.5 Å². The number of carbonyl (C=O) groups is 1. The number of amides is 1. The minimum atomic E-state index is -3.35. The van der Waals surface area contributed by atoms with Crippen LogP contribution in [-0.2, 0) is 21.4 Å². The highest BCUT2D eigenvalue weighted by molar-refractivity contribution is 7.88. The Labute approximate surface area is 145 Å². The van der Waals surface area contributed by atoms with Gasteiger partial charge < -0.3 is 5.32 Å². The Balaban J connectivity index is 1.90. The topological polar surface area (TPSA) is 66.5 Å². The second-order valence-corrected chi connectivity index (χ2v) is 8.72. The van der Waals surface area contributed by atoms with Crippen molar-refractivity contribution in [3.05, 3.63) is 35.4 Å². The lowest BCUT2D eigenvalue weighted by Crippen LogP contribution is -2.39. The summed E-state index contributed by atoms with van der Waals surface area (Å²) in [6.07, 6.45) is 7.03. The predicted octanol–water partition coefficient (Wildman–Crippen LogP) is 2.60. The first-order valence-corrected chi connectivity index (χ1v) is 10.5. The van der Waals surface area contributed by atoms with E-state index in [9.17, 15) is 13.2 Å². The summed E-state index contributed by atoms with van der Waals surface area (Å²) in [4.78, 5) is 12.1. The van der Waals surface area contributed by atoms with Gasteiger partial charge in [-0.25, -0.2) is 8.42 Å². The highest BCUT2D eigenvalue weighted by atomic mass is 32.2. The molecule has 1 aliphatic carbocycles. The molecular formula is C18H28N2O3S. The fourth-order valence-electron chi connectivity index (χ4n) is 3.15. The molecule has 1 fully saturated rings. The Morgan fingerprint density at radius 3 is 2.58 bits per heavy atom. The maximum absolute atomic E-state index is 12.1. The van der Waals surface area contributed by atoms with E-state index in [1.165, 1.54) is 17.0 Å². The number of aryl methyl sites for hydroxylation is 1. The summed E-state index contributed by atoms with van der Waals surface area (Å²) in [5.41, 5.74) is 2.03. The first kappa shape index (κ1) is 18.9. The van der Waals surface area contributed by atoms with Crippen LogP contribution in [0.5, 0.6) is 0 Å². The van der Waals surface area contributed by atoms with Crippen LogP contribution < -0.4 is 5.32 Å². The van der Waals surface area contributed by atoms with Gasteiger partial charge >= 0.3 is 0 Å². The van der Waals surface area contributed by atoms with Gasteiger partial charge in [-0.1, -0.05) is 49.1 Å². The summed E-state index contributed by atoms with van der Waals surface area (Å²) in [6, 6.07) is 8.04. The van der Waals surface area contributed by atoms with Crippen LogP contribution in [0.1, 0.15) is 49.7 Å². The van der Waals surface area contributed by atoms with Crippen LogP contribution in [0.15, 0.2) is 24.3 Å². The molecule has 0 radical (unpaired) electrons. The Kier molecular flexibility index (Phi) is 6.80. The molecule has 24 heavy (non-hydrogen) atoms. The molecule has 0 heterocycles. The van der Waals surface area contributed by atoms with E-state index in [0.717, 1.165) is 36.8 Å². The van der Waals surface area contributed by atoms with Crippen molar-refractivity contribution in [1.29, 1.82) is 0 Å². The molecule has 1 N–H and O–H groups in total. The van der Waals surface area contributed by atoms with E-state index >= 15 is 0 Å². The van der Waals surface area contributed by atoms with Crippen molar-refractivity contribution in [3.63, 3.8) is 0 Å². The number of hydrogen-bond donors (Lipinski definition) is 1. The van der Waals surface area contributed by atoms with Gasteiger partial charge in [-0.3, -0.25) is 4.79 Å². The van der Waals surface area contributed by atoms with Crippen LogP contribution in [0.4, 0.5) is 0 Å². The van der Waals surface area contributed by atoms with Crippen LogP contribution in [0.3, 0.4) is 0 Å². The highest BCUT2D eigenvalue weighted by Gasteiger charge is 2.20. The maximum Gasteiger partial charge on any atom is 0.221 e. The molecule has 134 valence electrons. The number of rotatable bonds is 7. The monoisotopic (exact) mass is 352 g/mol. The van der Waals surface area contributed by atoms with Crippen LogP contribution >= 0.6 is 0 Å². The van der Waals surface area contributed by atoms with Crippen molar-refractivity contribution in [2.45, 2.75) is 58.0 Å². The molecule has 0 aromatic heterocycles. The van der Waals surface area contributed by atoms with E-state index in [1.807, 2.05) is 31.2 Å². The Morgan fingerprint density at radius 1 is 1.25 bits per heavy atom. The van der Waals surface area contributed by atoms with Crippen molar-refractivity contribution in [3.8, 4) is 0 Å². The second-order valence-electron chi connectivity index (χ2n) is 6.74. The number of nitrogens with zero attached hydrogens (tertiary/aromatic N) is 1. The predicted molar refractivity (Wildman–Crippen MR) is 96.1 cm³/mol. The summed E-state index contributed by atoms with van der Waals surface area (Å²) < 4.78 is 25.4. The normalized spacial score (nSPS) is 16.3. The van der Waals surface area contributed by atoms with E-state index in [0.29, 0.717) is 6.54 Å². The van der Waals surface area contributed by atoms with Crippen LogP contribution in [0.2, 0.25) is 0 Å². The molecule has 0 atom stereocenters. The number of hydrogen-bond acceptors (Lipinski definition) is 3. The molecule has 1 amide bonds. The average molecular weight is 353 g/mol. The maximum atomic E-state index is 12.1. The number of carbonyl (C=O) groups excluding carboxylic acids is 1. The van der Waals surface area contributed by atoms with E-state index in [4.69, 9.17) is 0 Å². The third kappa shape index (κ3) is 6.24. The number of benzene rings is 1. The fraction of sp³-hybridized carbons (Fsp3) is 0.611. The fourth-order valence-corrected chi connectivity index (χ4v) is 3.96. The highest BCUT2D eigenvalue weighted by Crippen LogP contribution is 2.17. The van der Waals surface area contributed by atoms with E-state index in [-0.39, 0.29) is 24.9 Å². The Hall–Kier alpha value is -1.40. The molecule has 0 bridgehead atoms. The van der Waals surface area contributed by atoms with Crippen LogP contribution in [0.25, 0.3) is 0 Å². The summed E-state index contributed by atoms with van der Waals surface area (Å²) in [6.45, 7) is 2.49. The van der Waals surface area contributed by atoms with Crippen molar-refractivity contribution >= 4 is 15.9 Å². The number of nitrogens with one attached hydrogen (secondary N) is 1. The van der Waals surface area contributed by atoms with Crippen molar-refractivity contribution in [2.24, 2.45) is 0 Å². The van der Waals surface area contributed by atoms with Gasteiger partial charge in [0.15, 0.2) is 0 Å². The lowest BCUT2D eigenvalue weighted by molar-refractivity contribution is -0.122. The average Bonchev–Trinajstić information content (AvgIpc) is 2.51. The number of sulfonamides is 1. The van der Waals surface area contributed by atoms with Crippen molar-refractivity contribution in [1.82, 2.24) is 9.62 Å². The molecule has 2 rings (SSSR count). The molecule has 0 aliphatic heterocycles. The van der Waals surface area contributed by atoms with E-state index in [2.05, 4.69) is 5.32 Å². The van der Waals surface area contributed by atoms with Gasteiger partial charge in [-0.2, -0.15) is 4.31 Å². The minimum absolute atomic E-state index is 0.0557. The third-order valence-corrected chi connectivity index (χ3v) is 5.72. The Bertz CT molecular complexity index is 652. The molecule has 1 aliphatic rings. The van der Waals surface area contributed by atoms with Gasteiger partial charge in [0.25, 0.3) is 0 Å². The molecule has 5 nitrogen and oxygen atoms in total. The van der Waals surface area contributed by atoms with E-state index < -0.39 is 10.0 Å². The first-order valence-electron chi connectivity index (χ1n) is 8.64. The zero-order chi connectivity index (χ0) is 17.6. The van der Waals surface area contributed by atoms with Gasteiger partial charge in [0, 0.05) is 25.6 Å². The largest absolute Gasteiger partial charge is 0.353 e. The molecule has 0 saturated heterocycles. The first-order chi connectivity index (χ1) is 11.3. The standard InChI is InChI=1S/C18H28N2O3S/c1-15-7-6-8-16(13-15)14-20(24(2,22)23)12-11-18(21)19-17-9-4-3-5-10-17/h6-8,13,17H,3-5,9-12,14H2,1-2H3,(H,19,21).